The number of hydrazine groups is 1. The minimum Gasteiger partial charge on any atom is -0.321 e. The summed E-state index contributed by atoms with van der Waals surface area (Å²) >= 11 is 0. The summed E-state index contributed by atoms with van der Waals surface area (Å²) < 4.78 is 1.59. The molecule has 0 fully saturated rings. The topological polar surface area (TPSA) is 71.8 Å². The van der Waals surface area contributed by atoms with Gasteiger partial charge in [-0.25, -0.2) is 15.4 Å². The van der Waals surface area contributed by atoms with E-state index in [4.69, 9.17) is 0 Å². The normalized spacial score (nSPS) is 12.7. The van der Waals surface area contributed by atoms with Gasteiger partial charge in [-0.2, -0.15) is 0 Å². The average molecular weight is 355 g/mol. The molecular formula is C21H17N5O. The fourth-order valence-electron chi connectivity index (χ4n) is 3.36. The summed E-state index contributed by atoms with van der Waals surface area (Å²) in [6.07, 6.45) is 3.20. The van der Waals surface area contributed by atoms with E-state index in [1.54, 1.807) is 29.2 Å². The van der Waals surface area contributed by atoms with E-state index in [0.717, 1.165) is 28.9 Å². The molecule has 1 aliphatic heterocycles. The van der Waals surface area contributed by atoms with Gasteiger partial charge in [0, 0.05) is 12.7 Å². The molecule has 2 aromatic carbocycles. The van der Waals surface area contributed by atoms with Gasteiger partial charge in [0.15, 0.2) is 5.52 Å². The molecule has 6 nitrogen and oxygen atoms in total. The second-order valence-corrected chi connectivity index (χ2v) is 6.60. The van der Waals surface area contributed by atoms with Gasteiger partial charge >= 0.3 is 0 Å². The number of nitrogens with zero attached hydrogens (tertiary/aromatic N) is 3. The van der Waals surface area contributed by atoms with Crippen LogP contribution in [0, 0.1) is 0 Å². The average Bonchev–Trinajstić information content (AvgIpc) is 3.19. The van der Waals surface area contributed by atoms with Gasteiger partial charge in [-0.3, -0.25) is 9.36 Å². The number of fused-ring (bicyclic) bond motifs is 2. The monoisotopic (exact) mass is 355 g/mol. The van der Waals surface area contributed by atoms with E-state index in [2.05, 4.69) is 51.2 Å². The molecule has 2 aromatic heterocycles. The predicted molar refractivity (Wildman–Crippen MR) is 105 cm³/mol. The summed E-state index contributed by atoms with van der Waals surface area (Å²) in [5.41, 5.74) is 12.9. The zero-order valence-corrected chi connectivity index (χ0v) is 14.5. The quantitative estimate of drug-likeness (QED) is 0.591. The molecule has 0 saturated heterocycles. The second-order valence-electron chi connectivity index (χ2n) is 6.60. The molecule has 1 aliphatic rings. The third-order valence-electron chi connectivity index (χ3n) is 4.84. The SMILES string of the molecule is O=c1c2ncccc2ncn1Cc1ccc(-c2ccc3c(c2)NNC3)cc1. The fraction of sp³-hybridized carbons (Fsp3) is 0.0952. The summed E-state index contributed by atoms with van der Waals surface area (Å²) in [5, 5.41) is 0. The maximum atomic E-state index is 12.6. The van der Waals surface area contributed by atoms with E-state index >= 15 is 0 Å². The number of hydrogen-bond donors (Lipinski definition) is 2. The lowest BCUT2D eigenvalue weighted by Crippen LogP contribution is -2.21. The highest BCUT2D eigenvalue weighted by Crippen LogP contribution is 2.27. The highest BCUT2D eigenvalue weighted by molar-refractivity contribution is 5.72. The van der Waals surface area contributed by atoms with E-state index in [-0.39, 0.29) is 5.56 Å². The summed E-state index contributed by atoms with van der Waals surface area (Å²) in [4.78, 5) is 21.1. The molecule has 3 heterocycles. The van der Waals surface area contributed by atoms with Crippen LogP contribution >= 0.6 is 0 Å². The number of benzene rings is 2. The van der Waals surface area contributed by atoms with E-state index in [1.165, 1.54) is 5.56 Å². The highest BCUT2D eigenvalue weighted by atomic mass is 16.1. The first kappa shape index (κ1) is 15.7. The summed E-state index contributed by atoms with van der Waals surface area (Å²) in [6.45, 7) is 1.31. The standard InChI is InChI=1S/C21H17N5O/c27-21-20-18(2-1-9-22-20)23-13-26(21)12-14-3-5-15(6-4-14)16-7-8-17-11-24-25-19(17)10-16/h1-10,13,24-25H,11-12H2. The third kappa shape index (κ3) is 2.86. The first-order valence-electron chi connectivity index (χ1n) is 8.79. The second kappa shape index (κ2) is 6.34. The van der Waals surface area contributed by atoms with Crippen molar-refractivity contribution in [2.75, 3.05) is 5.43 Å². The van der Waals surface area contributed by atoms with Gasteiger partial charge in [0.25, 0.3) is 5.56 Å². The molecule has 0 radical (unpaired) electrons. The summed E-state index contributed by atoms with van der Waals surface area (Å²) in [6, 6.07) is 18.2. The Labute approximate surface area is 155 Å². The first-order chi connectivity index (χ1) is 13.3. The molecular weight excluding hydrogens is 338 g/mol. The lowest BCUT2D eigenvalue weighted by atomic mass is 10.0. The largest absolute Gasteiger partial charge is 0.321 e. The maximum Gasteiger partial charge on any atom is 0.280 e. The van der Waals surface area contributed by atoms with Crippen molar-refractivity contribution < 1.29 is 0 Å². The highest BCUT2D eigenvalue weighted by Gasteiger charge is 2.10. The predicted octanol–water partition coefficient (Wildman–Crippen LogP) is 2.94. The van der Waals surface area contributed by atoms with E-state index in [9.17, 15) is 4.79 Å². The van der Waals surface area contributed by atoms with Crippen LogP contribution in [0.5, 0.6) is 0 Å². The van der Waals surface area contributed by atoms with Gasteiger partial charge in [0.2, 0.25) is 0 Å². The lowest BCUT2D eigenvalue weighted by molar-refractivity contribution is 0.746. The van der Waals surface area contributed by atoms with Crippen molar-refractivity contribution in [3.05, 3.63) is 88.6 Å². The van der Waals surface area contributed by atoms with Gasteiger partial charge in [0.05, 0.1) is 24.1 Å². The van der Waals surface area contributed by atoms with E-state index in [0.29, 0.717) is 17.6 Å². The van der Waals surface area contributed by atoms with Crippen LogP contribution in [0.2, 0.25) is 0 Å². The summed E-state index contributed by atoms with van der Waals surface area (Å²) in [5.74, 6) is 0. The fourth-order valence-corrected chi connectivity index (χ4v) is 3.36. The molecule has 6 heteroatoms. The van der Waals surface area contributed by atoms with Crippen molar-refractivity contribution in [2.24, 2.45) is 0 Å². The number of rotatable bonds is 3. The zero-order chi connectivity index (χ0) is 18.2. The van der Waals surface area contributed by atoms with Crippen molar-refractivity contribution in [1.29, 1.82) is 0 Å². The first-order valence-corrected chi connectivity index (χ1v) is 8.79. The van der Waals surface area contributed by atoms with Crippen LogP contribution in [0.1, 0.15) is 11.1 Å². The number of nitrogens with one attached hydrogen (secondary N) is 2. The Bertz CT molecular complexity index is 1200. The van der Waals surface area contributed by atoms with Crippen LogP contribution in [0.3, 0.4) is 0 Å². The Morgan fingerprint density at radius 2 is 1.85 bits per heavy atom. The van der Waals surface area contributed by atoms with Crippen molar-refractivity contribution in [3.8, 4) is 11.1 Å². The van der Waals surface area contributed by atoms with Crippen LogP contribution in [-0.4, -0.2) is 14.5 Å². The number of hydrogen-bond acceptors (Lipinski definition) is 5. The van der Waals surface area contributed by atoms with Crippen molar-refractivity contribution in [2.45, 2.75) is 13.1 Å². The van der Waals surface area contributed by atoms with Gasteiger partial charge in [-0.15, -0.1) is 0 Å². The molecule has 2 N–H and O–H groups in total. The van der Waals surface area contributed by atoms with E-state index < -0.39 is 0 Å². The minimum absolute atomic E-state index is 0.123. The molecule has 0 spiro atoms. The molecule has 0 bridgehead atoms. The van der Waals surface area contributed by atoms with Crippen LogP contribution in [0.15, 0.2) is 71.9 Å². The van der Waals surface area contributed by atoms with Gasteiger partial charge < -0.3 is 5.43 Å². The van der Waals surface area contributed by atoms with Crippen molar-refractivity contribution >= 4 is 16.7 Å². The van der Waals surface area contributed by atoms with Crippen molar-refractivity contribution in [3.63, 3.8) is 0 Å². The smallest absolute Gasteiger partial charge is 0.280 e. The zero-order valence-electron chi connectivity index (χ0n) is 14.5. The van der Waals surface area contributed by atoms with Crippen LogP contribution < -0.4 is 16.4 Å². The number of aromatic nitrogens is 3. The third-order valence-corrected chi connectivity index (χ3v) is 4.84. The van der Waals surface area contributed by atoms with Gasteiger partial charge in [-0.05, 0) is 40.5 Å². The maximum absolute atomic E-state index is 12.6. The number of anilines is 1. The van der Waals surface area contributed by atoms with Crippen LogP contribution in [-0.2, 0) is 13.1 Å². The Morgan fingerprint density at radius 1 is 1.00 bits per heavy atom. The molecule has 5 rings (SSSR count). The van der Waals surface area contributed by atoms with Gasteiger partial charge in [-0.1, -0.05) is 36.4 Å². The molecule has 0 amide bonds. The summed E-state index contributed by atoms with van der Waals surface area (Å²) in [7, 11) is 0. The Hall–Kier alpha value is -3.51. The molecule has 0 atom stereocenters. The number of pyridine rings is 1. The molecule has 27 heavy (non-hydrogen) atoms. The van der Waals surface area contributed by atoms with Crippen LogP contribution in [0.25, 0.3) is 22.2 Å². The van der Waals surface area contributed by atoms with Gasteiger partial charge in [0.1, 0.15) is 0 Å². The molecule has 4 aromatic rings. The minimum atomic E-state index is -0.123. The molecule has 0 unspecified atom stereocenters. The molecule has 132 valence electrons. The Morgan fingerprint density at radius 3 is 2.74 bits per heavy atom. The van der Waals surface area contributed by atoms with Crippen LogP contribution in [0.4, 0.5) is 5.69 Å². The molecule has 0 aliphatic carbocycles. The Balaban J connectivity index is 1.43. The Kier molecular flexibility index (Phi) is 3.69. The molecule has 0 saturated carbocycles. The lowest BCUT2D eigenvalue weighted by Gasteiger charge is -2.08. The van der Waals surface area contributed by atoms with Crippen molar-refractivity contribution in [1.82, 2.24) is 20.0 Å². The van der Waals surface area contributed by atoms with E-state index in [1.807, 2.05) is 12.1 Å².